The highest BCUT2D eigenvalue weighted by molar-refractivity contribution is 6.42. The highest BCUT2D eigenvalue weighted by atomic mass is 16.5. The quantitative estimate of drug-likeness (QED) is 0.446. The lowest BCUT2D eigenvalue weighted by Crippen LogP contribution is -2.24. The molecule has 1 aromatic rings. The van der Waals surface area contributed by atoms with Crippen LogP contribution in [0.3, 0.4) is 0 Å². The molecule has 0 aliphatic heterocycles. The number of aromatic nitrogens is 1. The van der Waals surface area contributed by atoms with Crippen LogP contribution in [0.15, 0.2) is 4.52 Å². The van der Waals surface area contributed by atoms with E-state index in [1.165, 1.54) is 6.92 Å². The highest BCUT2D eigenvalue weighted by Crippen LogP contribution is 2.15. The third kappa shape index (κ3) is 1.14. The van der Waals surface area contributed by atoms with E-state index >= 15 is 0 Å². The monoisotopic (exact) mass is 169 g/mol. The topological polar surface area (TPSA) is 112 Å². The summed E-state index contributed by atoms with van der Waals surface area (Å²) in [6.45, 7) is 1.53. The Labute approximate surface area is 67.5 Å². The Morgan fingerprint density at radius 1 is 1.50 bits per heavy atom. The number of nitrogen functional groups attached to an aromatic ring is 1. The first-order chi connectivity index (χ1) is 5.54. The minimum atomic E-state index is -1.10. The summed E-state index contributed by atoms with van der Waals surface area (Å²) in [6.07, 6.45) is 0. The maximum Gasteiger partial charge on any atom is 0.291 e. The second-order valence-corrected chi connectivity index (χ2v) is 2.19. The fraction of sp³-hybridized carbons (Fsp3) is 0.167. The summed E-state index contributed by atoms with van der Waals surface area (Å²) < 4.78 is 4.56. The van der Waals surface area contributed by atoms with Crippen LogP contribution >= 0.6 is 0 Å². The molecule has 1 aromatic heterocycles. The van der Waals surface area contributed by atoms with Crippen molar-refractivity contribution in [1.29, 1.82) is 0 Å². The molecule has 0 saturated carbocycles. The van der Waals surface area contributed by atoms with Crippen molar-refractivity contribution in [3.05, 3.63) is 11.5 Å². The molecule has 0 radical (unpaired) electrons. The van der Waals surface area contributed by atoms with E-state index in [4.69, 9.17) is 11.5 Å². The smallest absolute Gasteiger partial charge is 0.291 e. The van der Waals surface area contributed by atoms with E-state index in [2.05, 4.69) is 9.68 Å². The van der Waals surface area contributed by atoms with Crippen LogP contribution in [0, 0.1) is 6.92 Å². The Balaban J connectivity index is 3.12. The van der Waals surface area contributed by atoms with E-state index in [0.717, 1.165) is 0 Å². The van der Waals surface area contributed by atoms with Crippen LogP contribution in [0.1, 0.15) is 16.2 Å². The number of carbonyl (C=O) groups is 2. The van der Waals surface area contributed by atoms with Gasteiger partial charge in [0.25, 0.3) is 11.7 Å². The summed E-state index contributed by atoms with van der Waals surface area (Å²) in [5.41, 5.74) is 9.91. The zero-order valence-electron chi connectivity index (χ0n) is 6.33. The van der Waals surface area contributed by atoms with Crippen molar-refractivity contribution in [2.75, 3.05) is 5.73 Å². The first-order valence-corrected chi connectivity index (χ1v) is 3.10. The van der Waals surface area contributed by atoms with Crippen molar-refractivity contribution >= 4 is 17.4 Å². The summed E-state index contributed by atoms with van der Waals surface area (Å²) in [7, 11) is 0. The van der Waals surface area contributed by atoms with Gasteiger partial charge in [-0.3, -0.25) is 9.59 Å². The van der Waals surface area contributed by atoms with Crippen LogP contribution in [0.25, 0.3) is 0 Å². The van der Waals surface area contributed by atoms with Crippen molar-refractivity contribution in [2.45, 2.75) is 6.92 Å². The molecule has 0 aromatic carbocycles. The summed E-state index contributed by atoms with van der Waals surface area (Å²) in [5, 5.41) is 3.29. The fourth-order valence-electron chi connectivity index (χ4n) is 0.660. The van der Waals surface area contributed by atoms with Crippen LogP contribution in [0.2, 0.25) is 0 Å². The first-order valence-electron chi connectivity index (χ1n) is 3.10. The highest BCUT2D eigenvalue weighted by Gasteiger charge is 2.21. The zero-order chi connectivity index (χ0) is 9.30. The summed E-state index contributed by atoms with van der Waals surface area (Å²) in [6, 6.07) is 0. The number of nitrogens with zero attached hydrogens (tertiary/aromatic N) is 1. The second-order valence-electron chi connectivity index (χ2n) is 2.19. The maximum absolute atomic E-state index is 10.9. The molecule has 1 heterocycles. The van der Waals surface area contributed by atoms with E-state index in [1.54, 1.807) is 0 Å². The molecule has 0 bridgehead atoms. The molecular weight excluding hydrogens is 162 g/mol. The minimum Gasteiger partial charge on any atom is -0.394 e. The zero-order valence-corrected chi connectivity index (χ0v) is 6.33. The number of aryl methyl sites for hydroxylation is 1. The van der Waals surface area contributed by atoms with Crippen molar-refractivity contribution in [2.24, 2.45) is 5.73 Å². The Bertz CT molecular complexity index is 342. The number of nitrogens with two attached hydrogens (primary N) is 2. The van der Waals surface area contributed by atoms with Crippen LogP contribution in [-0.4, -0.2) is 16.8 Å². The van der Waals surface area contributed by atoms with Crippen LogP contribution in [-0.2, 0) is 4.79 Å². The van der Waals surface area contributed by atoms with Gasteiger partial charge in [0.2, 0.25) is 0 Å². The molecule has 12 heavy (non-hydrogen) atoms. The Hall–Kier alpha value is -1.85. The lowest BCUT2D eigenvalue weighted by molar-refractivity contribution is -0.114. The lowest BCUT2D eigenvalue weighted by Gasteiger charge is -1.89. The Morgan fingerprint density at radius 3 is 2.42 bits per heavy atom. The largest absolute Gasteiger partial charge is 0.394 e. The number of rotatable bonds is 2. The Kier molecular flexibility index (Phi) is 1.82. The molecule has 0 aliphatic carbocycles. The van der Waals surface area contributed by atoms with Gasteiger partial charge < -0.3 is 16.0 Å². The van der Waals surface area contributed by atoms with Gasteiger partial charge in [0.1, 0.15) is 5.69 Å². The third-order valence-corrected chi connectivity index (χ3v) is 1.35. The molecule has 6 heteroatoms. The van der Waals surface area contributed by atoms with Crippen molar-refractivity contribution in [3.8, 4) is 0 Å². The SMILES string of the molecule is Cc1onc(C(=O)C(N)=O)c1N. The van der Waals surface area contributed by atoms with Crippen molar-refractivity contribution < 1.29 is 14.1 Å². The van der Waals surface area contributed by atoms with Crippen LogP contribution < -0.4 is 11.5 Å². The number of amides is 1. The molecule has 4 N–H and O–H groups in total. The van der Waals surface area contributed by atoms with Gasteiger partial charge in [0.05, 0.1) is 0 Å². The molecule has 0 spiro atoms. The molecule has 0 fully saturated rings. The normalized spacial score (nSPS) is 9.75. The number of ketones is 1. The molecular formula is C6H7N3O3. The second kappa shape index (κ2) is 2.65. The fourth-order valence-corrected chi connectivity index (χ4v) is 0.660. The average molecular weight is 169 g/mol. The summed E-state index contributed by atoms with van der Waals surface area (Å²) in [4.78, 5) is 21.3. The average Bonchev–Trinajstić information content (AvgIpc) is 2.32. The number of hydrogen-bond donors (Lipinski definition) is 2. The number of anilines is 1. The van der Waals surface area contributed by atoms with Crippen molar-refractivity contribution in [3.63, 3.8) is 0 Å². The summed E-state index contributed by atoms with van der Waals surface area (Å²) >= 11 is 0. The van der Waals surface area contributed by atoms with Gasteiger partial charge >= 0.3 is 0 Å². The summed E-state index contributed by atoms with van der Waals surface area (Å²) in [5.74, 6) is -1.75. The third-order valence-electron chi connectivity index (χ3n) is 1.35. The van der Waals surface area contributed by atoms with Crippen LogP contribution in [0.4, 0.5) is 5.69 Å². The molecule has 64 valence electrons. The van der Waals surface area contributed by atoms with Gasteiger partial charge in [-0.1, -0.05) is 5.16 Å². The molecule has 1 amide bonds. The molecule has 0 unspecified atom stereocenters. The van der Waals surface area contributed by atoms with Crippen LogP contribution in [0.5, 0.6) is 0 Å². The van der Waals surface area contributed by atoms with E-state index in [0.29, 0.717) is 5.76 Å². The number of hydrogen-bond acceptors (Lipinski definition) is 5. The number of carbonyl (C=O) groups excluding carboxylic acids is 2. The van der Waals surface area contributed by atoms with Crippen molar-refractivity contribution in [1.82, 2.24) is 5.16 Å². The number of primary amides is 1. The van der Waals surface area contributed by atoms with E-state index in [1.807, 2.05) is 0 Å². The first kappa shape index (κ1) is 8.25. The number of Topliss-reactive ketones (excluding diaryl/α,β-unsaturated/α-hetero) is 1. The van der Waals surface area contributed by atoms with E-state index < -0.39 is 11.7 Å². The standard InChI is InChI=1S/C6H7N3O3/c1-2-3(7)4(9-12-2)5(10)6(8)11/h7H2,1H3,(H2,8,11). The lowest BCUT2D eigenvalue weighted by atomic mass is 10.2. The molecule has 0 atom stereocenters. The van der Waals surface area contributed by atoms with Gasteiger partial charge in [-0.05, 0) is 6.92 Å². The maximum atomic E-state index is 10.9. The minimum absolute atomic E-state index is 0.0544. The van der Waals surface area contributed by atoms with Gasteiger partial charge in [-0.15, -0.1) is 0 Å². The molecule has 0 saturated heterocycles. The van der Waals surface area contributed by atoms with E-state index in [-0.39, 0.29) is 11.4 Å². The van der Waals surface area contributed by atoms with E-state index in [9.17, 15) is 9.59 Å². The molecule has 0 aliphatic rings. The molecule has 6 nitrogen and oxygen atoms in total. The Morgan fingerprint density at radius 2 is 2.08 bits per heavy atom. The predicted molar refractivity (Wildman–Crippen MR) is 39.2 cm³/mol. The van der Waals surface area contributed by atoms with Gasteiger partial charge in [0.15, 0.2) is 11.5 Å². The van der Waals surface area contributed by atoms with Gasteiger partial charge in [-0.2, -0.15) is 0 Å². The molecule has 1 rings (SSSR count). The van der Waals surface area contributed by atoms with Gasteiger partial charge in [0, 0.05) is 0 Å². The predicted octanol–water partition coefficient (Wildman–Crippen LogP) is -0.767. The van der Waals surface area contributed by atoms with Gasteiger partial charge in [-0.25, -0.2) is 0 Å².